The Balaban J connectivity index is 3.74. The molecule has 0 bridgehead atoms. The maximum Gasteiger partial charge on any atom is 0.308 e. The summed E-state index contributed by atoms with van der Waals surface area (Å²) in [4.78, 5) is 11.8. The molecule has 0 rings (SSSR count). The van der Waals surface area contributed by atoms with E-state index in [1.54, 1.807) is 0 Å². The summed E-state index contributed by atoms with van der Waals surface area (Å²) in [5.74, 6) is 0.382. The summed E-state index contributed by atoms with van der Waals surface area (Å²) in [5.41, 5.74) is 0. The van der Waals surface area contributed by atoms with Crippen LogP contribution in [0.4, 0.5) is 0 Å². The highest BCUT2D eigenvalue weighted by molar-refractivity contribution is 6.26. The lowest BCUT2D eigenvalue weighted by Crippen LogP contribution is -2.28. The van der Waals surface area contributed by atoms with Crippen molar-refractivity contribution in [2.45, 2.75) is 58.4 Å². The highest BCUT2D eigenvalue weighted by Gasteiger charge is 2.32. The predicted molar refractivity (Wildman–Crippen MR) is 68.2 cm³/mol. The molecule has 0 N–H and O–H groups in total. The standard InChI is InChI=1S/C12H26O2Si/c1-5-6-7-8-9-14-11(13)12(4,15)10(2)3/h10H,5-9H2,1-4,15H3. The van der Waals surface area contributed by atoms with E-state index in [0.29, 0.717) is 12.5 Å². The molecule has 0 saturated heterocycles. The van der Waals surface area contributed by atoms with E-state index in [-0.39, 0.29) is 11.0 Å². The van der Waals surface area contributed by atoms with Gasteiger partial charge in [-0.25, -0.2) is 0 Å². The normalized spacial score (nSPS) is 15.3. The third kappa shape index (κ3) is 5.35. The van der Waals surface area contributed by atoms with Gasteiger partial charge in [-0.1, -0.05) is 47.0 Å². The lowest BCUT2D eigenvalue weighted by atomic mass is 9.97. The summed E-state index contributed by atoms with van der Waals surface area (Å²) in [6, 6.07) is 0. The topological polar surface area (TPSA) is 26.3 Å². The number of carbonyl (C=O) groups excluding carboxylic acids is 1. The molecule has 15 heavy (non-hydrogen) atoms. The van der Waals surface area contributed by atoms with Gasteiger partial charge in [-0.3, -0.25) is 4.79 Å². The third-order valence-electron chi connectivity index (χ3n) is 3.20. The molecule has 0 aromatic carbocycles. The highest BCUT2D eigenvalue weighted by Crippen LogP contribution is 2.32. The molecule has 0 aromatic rings. The molecule has 0 fully saturated rings. The van der Waals surface area contributed by atoms with Crippen LogP contribution in [0.5, 0.6) is 0 Å². The average Bonchev–Trinajstić information content (AvgIpc) is 2.16. The molecule has 0 aliphatic heterocycles. The molecule has 0 heterocycles. The van der Waals surface area contributed by atoms with E-state index in [0.717, 1.165) is 16.7 Å². The molecule has 0 aromatic heterocycles. The number of esters is 1. The lowest BCUT2D eigenvalue weighted by molar-refractivity contribution is -0.148. The average molecular weight is 230 g/mol. The van der Waals surface area contributed by atoms with Gasteiger partial charge in [-0.15, -0.1) is 0 Å². The van der Waals surface area contributed by atoms with Gasteiger partial charge < -0.3 is 4.74 Å². The molecule has 1 unspecified atom stereocenters. The van der Waals surface area contributed by atoms with Crippen LogP contribution in [0.3, 0.4) is 0 Å². The Morgan fingerprint density at radius 3 is 2.40 bits per heavy atom. The fraction of sp³-hybridized carbons (Fsp3) is 0.917. The number of carbonyl (C=O) groups is 1. The van der Waals surface area contributed by atoms with Crippen LogP contribution in [-0.4, -0.2) is 22.8 Å². The van der Waals surface area contributed by atoms with Crippen molar-refractivity contribution < 1.29 is 9.53 Å². The van der Waals surface area contributed by atoms with Gasteiger partial charge in [0.25, 0.3) is 0 Å². The van der Waals surface area contributed by atoms with E-state index in [1.165, 1.54) is 19.3 Å². The van der Waals surface area contributed by atoms with Gasteiger partial charge in [-0.05, 0) is 12.3 Å². The summed E-state index contributed by atoms with van der Waals surface area (Å²) in [5, 5.41) is -0.218. The second-order valence-corrected chi connectivity index (χ2v) is 7.15. The number of hydrogen-bond donors (Lipinski definition) is 0. The van der Waals surface area contributed by atoms with Crippen molar-refractivity contribution in [2.75, 3.05) is 6.61 Å². The van der Waals surface area contributed by atoms with Gasteiger partial charge in [0, 0.05) is 10.2 Å². The number of hydrogen-bond acceptors (Lipinski definition) is 2. The van der Waals surface area contributed by atoms with Gasteiger partial charge in [-0.2, -0.15) is 0 Å². The first-order valence-electron chi connectivity index (χ1n) is 6.10. The molecule has 0 aliphatic carbocycles. The Morgan fingerprint density at radius 1 is 1.33 bits per heavy atom. The van der Waals surface area contributed by atoms with E-state index >= 15 is 0 Å². The molecular weight excluding hydrogens is 204 g/mol. The minimum absolute atomic E-state index is 0.000616. The zero-order chi connectivity index (χ0) is 11.9. The Morgan fingerprint density at radius 2 is 1.93 bits per heavy atom. The van der Waals surface area contributed by atoms with E-state index < -0.39 is 0 Å². The fourth-order valence-corrected chi connectivity index (χ4v) is 1.26. The van der Waals surface area contributed by atoms with Gasteiger partial charge in [0.2, 0.25) is 0 Å². The Labute approximate surface area is 97.2 Å². The van der Waals surface area contributed by atoms with Crippen molar-refractivity contribution >= 4 is 16.2 Å². The van der Waals surface area contributed by atoms with Crippen LogP contribution in [0.1, 0.15) is 53.4 Å². The Bertz CT molecular complexity index is 188. The quantitative estimate of drug-likeness (QED) is 0.381. The lowest BCUT2D eigenvalue weighted by Gasteiger charge is -2.26. The van der Waals surface area contributed by atoms with Crippen LogP contribution < -0.4 is 0 Å². The monoisotopic (exact) mass is 230 g/mol. The SMILES string of the molecule is CCCCCCOC(=O)C(C)([SiH3])C(C)C. The second kappa shape index (κ2) is 7.04. The van der Waals surface area contributed by atoms with Gasteiger partial charge in [0.05, 0.1) is 11.6 Å². The first kappa shape index (κ1) is 14.7. The van der Waals surface area contributed by atoms with E-state index in [9.17, 15) is 4.79 Å². The molecule has 0 amide bonds. The zero-order valence-electron chi connectivity index (χ0n) is 10.9. The van der Waals surface area contributed by atoms with Crippen molar-refractivity contribution in [3.8, 4) is 0 Å². The number of rotatable bonds is 7. The first-order valence-corrected chi connectivity index (χ1v) is 7.10. The maximum atomic E-state index is 11.8. The number of ether oxygens (including phenoxy) is 1. The molecule has 1 atom stereocenters. The minimum Gasteiger partial charge on any atom is -0.466 e. The van der Waals surface area contributed by atoms with Crippen LogP contribution in [0, 0.1) is 5.92 Å². The van der Waals surface area contributed by atoms with Crippen LogP contribution in [-0.2, 0) is 9.53 Å². The largest absolute Gasteiger partial charge is 0.466 e. The second-order valence-electron chi connectivity index (χ2n) is 5.07. The molecule has 3 heteroatoms. The van der Waals surface area contributed by atoms with Crippen LogP contribution >= 0.6 is 0 Å². The molecule has 0 saturated carbocycles. The first-order chi connectivity index (χ1) is 6.92. The van der Waals surface area contributed by atoms with Crippen molar-refractivity contribution in [1.82, 2.24) is 0 Å². The smallest absolute Gasteiger partial charge is 0.308 e. The summed E-state index contributed by atoms with van der Waals surface area (Å²) in [7, 11) is 0.862. The van der Waals surface area contributed by atoms with E-state index in [4.69, 9.17) is 4.74 Å². The van der Waals surface area contributed by atoms with Crippen molar-refractivity contribution in [3.05, 3.63) is 0 Å². The summed E-state index contributed by atoms with van der Waals surface area (Å²) in [6.07, 6.45) is 4.64. The van der Waals surface area contributed by atoms with Crippen LogP contribution in [0.15, 0.2) is 0 Å². The minimum atomic E-state index is -0.218. The molecule has 0 spiro atoms. The molecular formula is C12H26O2Si. The molecule has 2 nitrogen and oxygen atoms in total. The van der Waals surface area contributed by atoms with Gasteiger partial charge >= 0.3 is 5.97 Å². The molecule has 90 valence electrons. The summed E-state index contributed by atoms with van der Waals surface area (Å²) in [6.45, 7) is 8.97. The zero-order valence-corrected chi connectivity index (χ0v) is 12.9. The number of unbranched alkanes of at least 4 members (excludes halogenated alkanes) is 3. The van der Waals surface area contributed by atoms with Crippen LogP contribution in [0.2, 0.25) is 5.04 Å². The van der Waals surface area contributed by atoms with Crippen LogP contribution in [0.25, 0.3) is 0 Å². The Hall–Kier alpha value is -0.313. The molecule has 0 aliphatic rings. The van der Waals surface area contributed by atoms with Gasteiger partial charge in [0.1, 0.15) is 0 Å². The fourth-order valence-electron chi connectivity index (χ4n) is 1.12. The van der Waals surface area contributed by atoms with Gasteiger partial charge in [0.15, 0.2) is 0 Å². The summed E-state index contributed by atoms with van der Waals surface area (Å²) < 4.78 is 5.31. The predicted octanol–water partition coefficient (Wildman–Crippen LogP) is 2.31. The molecule has 0 radical (unpaired) electrons. The highest BCUT2D eigenvalue weighted by atomic mass is 28.1. The van der Waals surface area contributed by atoms with Crippen molar-refractivity contribution in [3.63, 3.8) is 0 Å². The van der Waals surface area contributed by atoms with Crippen molar-refractivity contribution in [2.24, 2.45) is 5.92 Å². The third-order valence-corrected chi connectivity index (χ3v) is 4.76. The van der Waals surface area contributed by atoms with E-state index in [1.807, 2.05) is 6.92 Å². The summed E-state index contributed by atoms with van der Waals surface area (Å²) >= 11 is 0. The maximum absolute atomic E-state index is 11.8. The van der Waals surface area contributed by atoms with Crippen molar-refractivity contribution in [1.29, 1.82) is 0 Å². The Kier molecular flexibility index (Phi) is 6.90. The van der Waals surface area contributed by atoms with E-state index in [2.05, 4.69) is 20.8 Å².